The zero-order chi connectivity index (χ0) is 18.1. The summed E-state index contributed by atoms with van der Waals surface area (Å²) in [7, 11) is 3.81. The average Bonchev–Trinajstić information content (AvgIpc) is 2.62. The molecular formula is C19H28N4O2. The lowest BCUT2D eigenvalue weighted by Crippen LogP contribution is -2.41. The number of anilines is 1. The quantitative estimate of drug-likeness (QED) is 0.329. The number of aliphatic imine (C=N–C) groups is 1. The molecule has 6 heteroatoms. The SMILES string of the molecule is C=CCCCN(C)C(=NC)NCCOc1ccc2c(c1)CCC(=O)N2. The molecule has 6 nitrogen and oxygen atoms in total. The van der Waals surface area contributed by atoms with E-state index in [9.17, 15) is 4.79 Å². The van der Waals surface area contributed by atoms with Crippen molar-refractivity contribution in [2.24, 2.45) is 4.99 Å². The van der Waals surface area contributed by atoms with Crippen molar-refractivity contribution < 1.29 is 9.53 Å². The third-order valence-electron chi connectivity index (χ3n) is 4.10. The second-order valence-electron chi connectivity index (χ2n) is 6.04. The van der Waals surface area contributed by atoms with E-state index >= 15 is 0 Å². The van der Waals surface area contributed by atoms with E-state index in [0.717, 1.165) is 48.8 Å². The van der Waals surface area contributed by atoms with E-state index in [-0.39, 0.29) is 5.91 Å². The first-order valence-corrected chi connectivity index (χ1v) is 8.72. The van der Waals surface area contributed by atoms with Crippen LogP contribution < -0.4 is 15.4 Å². The second kappa shape index (κ2) is 9.71. The first kappa shape index (κ1) is 18.8. The highest BCUT2D eigenvalue weighted by molar-refractivity contribution is 5.94. The Morgan fingerprint density at radius 3 is 3.08 bits per heavy atom. The number of ether oxygens (including phenoxy) is 1. The van der Waals surface area contributed by atoms with Crippen LogP contribution in [0.1, 0.15) is 24.8 Å². The monoisotopic (exact) mass is 344 g/mol. The van der Waals surface area contributed by atoms with Gasteiger partial charge in [-0.25, -0.2) is 0 Å². The van der Waals surface area contributed by atoms with Crippen LogP contribution in [-0.4, -0.2) is 50.6 Å². The van der Waals surface area contributed by atoms with Gasteiger partial charge < -0.3 is 20.3 Å². The van der Waals surface area contributed by atoms with Gasteiger partial charge in [0.15, 0.2) is 5.96 Å². The molecular weight excluding hydrogens is 316 g/mol. The maximum atomic E-state index is 11.4. The zero-order valence-corrected chi connectivity index (χ0v) is 15.2. The van der Waals surface area contributed by atoms with E-state index in [4.69, 9.17) is 4.74 Å². The van der Waals surface area contributed by atoms with Crippen LogP contribution in [0.4, 0.5) is 5.69 Å². The van der Waals surface area contributed by atoms with Gasteiger partial charge in [-0.15, -0.1) is 6.58 Å². The summed E-state index contributed by atoms with van der Waals surface area (Å²) in [6.07, 6.45) is 5.29. The summed E-state index contributed by atoms with van der Waals surface area (Å²) in [4.78, 5) is 17.8. The number of hydrogen-bond acceptors (Lipinski definition) is 3. The largest absolute Gasteiger partial charge is 0.492 e. The maximum Gasteiger partial charge on any atom is 0.224 e. The average molecular weight is 344 g/mol. The van der Waals surface area contributed by atoms with Gasteiger partial charge in [-0.3, -0.25) is 9.79 Å². The molecule has 1 aliphatic heterocycles. The Labute approximate surface area is 150 Å². The Morgan fingerprint density at radius 1 is 1.48 bits per heavy atom. The second-order valence-corrected chi connectivity index (χ2v) is 6.04. The molecule has 1 aromatic carbocycles. The van der Waals surface area contributed by atoms with E-state index < -0.39 is 0 Å². The molecule has 136 valence electrons. The van der Waals surface area contributed by atoms with Crippen molar-refractivity contribution >= 4 is 17.6 Å². The Kier molecular flexibility index (Phi) is 7.32. The molecule has 2 N–H and O–H groups in total. The molecule has 0 saturated carbocycles. The summed E-state index contributed by atoms with van der Waals surface area (Å²) in [5.74, 6) is 1.76. The van der Waals surface area contributed by atoms with Crippen LogP contribution >= 0.6 is 0 Å². The minimum absolute atomic E-state index is 0.0777. The summed E-state index contributed by atoms with van der Waals surface area (Å²) < 4.78 is 5.81. The number of aryl methyl sites for hydroxylation is 1. The molecule has 1 amide bonds. The van der Waals surface area contributed by atoms with Crippen LogP contribution in [0.3, 0.4) is 0 Å². The normalized spacial score (nSPS) is 13.7. The molecule has 0 unspecified atom stereocenters. The van der Waals surface area contributed by atoms with Crippen molar-refractivity contribution in [3.8, 4) is 5.75 Å². The van der Waals surface area contributed by atoms with Gasteiger partial charge in [0.25, 0.3) is 0 Å². The van der Waals surface area contributed by atoms with Gasteiger partial charge >= 0.3 is 0 Å². The number of guanidine groups is 1. The summed E-state index contributed by atoms with van der Waals surface area (Å²) in [5.41, 5.74) is 2.02. The van der Waals surface area contributed by atoms with Crippen molar-refractivity contribution in [1.29, 1.82) is 0 Å². The first-order valence-electron chi connectivity index (χ1n) is 8.72. The van der Waals surface area contributed by atoms with Crippen molar-refractivity contribution in [1.82, 2.24) is 10.2 Å². The lowest BCUT2D eigenvalue weighted by Gasteiger charge is -2.22. The number of nitrogens with zero attached hydrogens (tertiary/aromatic N) is 2. The molecule has 0 atom stereocenters. The van der Waals surface area contributed by atoms with Gasteiger partial charge in [0.1, 0.15) is 12.4 Å². The standard InChI is InChI=1S/C19H28N4O2/c1-4-5-6-12-23(3)19(20-2)21-11-13-25-16-8-9-17-15(14-16)7-10-18(24)22-17/h4,8-9,14H,1,5-7,10-13H2,2-3H3,(H,20,21)(H,22,24). The fraction of sp³-hybridized carbons (Fsp3) is 0.474. The minimum Gasteiger partial charge on any atom is -0.492 e. The Balaban J connectivity index is 1.75. The summed E-state index contributed by atoms with van der Waals surface area (Å²) in [6, 6.07) is 5.80. The predicted molar refractivity (Wildman–Crippen MR) is 102 cm³/mol. The van der Waals surface area contributed by atoms with E-state index in [2.05, 4.69) is 27.1 Å². The molecule has 2 rings (SSSR count). The predicted octanol–water partition coefficient (Wildman–Crippen LogP) is 2.42. The lowest BCUT2D eigenvalue weighted by atomic mass is 10.0. The highest BCUT2D eigenvalue weighted by Gasteiger charge is 2.15. The number of nitrogens with one attached hydrogen (secondary N) is 2. The molecule has 1 aliphatic rings. The fourth-order valence-corrected chi connectivity index (χ4v) is 2.74. The van der Waals surface area contributed by atoms with Gasteiger partial charge in [0.05, 0.1) is 6.54 Å². The van der Waals surface area contributed by atoms with Crippen LogP contribution in [0.2, 0.25) is 0 Å². The molecule has 0 radical (unpaired) electrons. The smallest absolute Gasteiger partial charge is 0.224 e. The van der Waals surface area contributed by atoms with Crippen LogP contribution in [0, 0.1) is 0 Å². The number of carbonyl (C=O) groups excluding carboxylic acids is 1. The van der Waals surface area contributed by atoms with E-state index in [0.29, 0.717) is 19.6 Å². The minimum atomic E-state index is 0.0777. The highest BCUT2D eigenvalue weighted by Crippen LogP contribution is 2.26. The third kappa shape index (κ3) is 5.81. The van der Waals surface area contributed by atoms with Crippen LogP contribution in [0.25, 0.3) is 0 Å². The molecule has 0 aliphatic carbocycles. The molecule has 0 fully saturated rings. The van der Waals surface area contributed by atoms with Gasteiger partial charge in [0, 0.05) is 32.7 Å². The Bertz CT molecular complexity index is 628. The van der Waals surface area contributed by atoms with E-state index in [1.807, 2.05) is 31.3 Å². The first-order chi connectivity index (χ1) is 12.1. The van der Waals surface area contributed by atoms with Crippen molar-refractivity contribution in [3.05, 3.63) is 36.4 Å². The van der Waals surface area contributed by atoms with Gasteiger partial charge in [0.2, 0.25) is 5.91 Å². The molecule has 1 aromatic rings. The summed E-state index contributed by atoms with van der Waals surface area (Å²) >= 11 is 0. The van der Waals surface area contributed by atoms with Gasteiger partial charge in [-0.2, -0.15) is 0 Å². The maximum absolute atomic E-state index is 11.4. The third-order valence-corrected chi connectivity index (χ3v) is 4.10. The summed E-state index contributed by atoms with van der Waals surface area (Å²) in [5, 5.41) is 6.18. The number of rotatable bonds is 8. The number of fused-ring (bicyclic) bond motifs is 1. The number of unbranched alkanes of at least 4 members (excludes halogenated alkanes) is 1. The van der Waals surface area contributed by atoms with E-state index in [1.165, 1.54) is 0 Å². The number of allylic oxidation sites excluding steroid dienone is 1. The van der Waals surface area contributed by atoms with Gasteiger partial charge in [-0.1, -0.05) is 6.08 Å². The van der Waals surface area contributed by atoms with Crippen molar-refractivity contribution in [3.63, 3.8) is 0 Å². The number of carbonyl (C=O) groups is 1. The highest BCUT2D eigenvalue weighted by atomic mass is 16.5. The molecule has 0 spiro atoms. The Morgan fingerprint density at radius 2 is 2.32 bits per heavy atom. The summed E-state index contributed by atoms with van der Waals surface area (Å²) in [6.45, 7) is 5.89. The zero-order valence-electron chi connectivity index (χ0n) is 15.2. The lowest BCUT2D eigenvalue weighted by molar-refractivity contribution is -0.116. The van der Waals surface area contributed by atoms with Crippen molar-refractivity contribution in [2.75, 3.05) is 39.1 Å². The van der Waals surface area contributed by atoms with Crippen LogP contribution in [-0.2, 0) is 11.2 Å². The van der Waals surface area contributed by atoms with Gasteiger partial charge in [-0.05, 0) is 43.0 Å². The molecule has 0 bridgehead atoms. The fourth-order valence-electron chi connectivity index (χ4n) is 2.74. The molecule has 0 aromatic heterocycles. The molecule has 0 saturated heterocycles. The molecule has 1 heterocycles. The van der Waals surface area contributed by atoms with Crippen molar-refractivity contribution in [2.45, 2.75) is 25.7 Å². The Hall–Kier alpha value is -2.50. The number of amides is 1. The molecule has 25 heavy (non-hydrogen) atoms. The number of benzene rings is 1. The van der Waals surface area contributed by atoms with Crippen LogP contribution in [0.5, 0.6) is 5.75 Å². The van der Waals surface area contributed by atoms with Crippen LogP contribution in [0.15, 0.2) is 35.8 Å². The topological polar surface area (TPSA) is 66.0 Å². The number of hydrogen-bond donors (Lipinski definition) is 2. The van der Waals surface area contributed by atoms with E-state index in [1.54, 1.807) is 7.05 Å².